The molecular formula is C22H27N3O2. The highest BCUT2D eigenvalue weighted by Crippen LogP contribution is 2.26. The van der Waals surface area contributed by atoms with Gasteiger partial charge in [0.15, 0.2) is 0 Å². The first-order valence-electron chi connectivity index (χ1n) is 9.83. The van der Waals surface area contributed by atoms with Crippen LogP contribution in [0.1, 0.15) is 32.6 Å². The van der Waals surface area contributed by atoms with Crippen LogP contribution in [0.5, 0.6) is 0 Å². The summed E-state index contributed by atoms with van der Waals surface area (Å²) in [5, 5.41) is 0. The van der Waals surface area contributed by atoms with E-state index in [1.165, 1.54) is 16.7 Å². The van der Waals surface area contributed by atoms with E-state index in [2.05, 4.69) is 33.8 Å². The van der Waals surface area contributed by atoms with Crippen LogP contribution in [0.2, 0.25) is 0 Å². The minimum absolute atomic E-state index is 0.179. The van der Waals surface area contributed by atoms with E-state index in [0.717, 1.165) is 63.2 Å². The number of nitrogens with zero attached hydrogens (tertiary/aromatic N) is 3. The van der Waals surface area contributed by atoms with Gasteiger partial charge in [0.2, 0.25) is 0 Å². The van der Waals surface area contributed by atoms with Crippen LogP contribution in [0.3, 0.4) is 0 Å². The van der Waals surface area contributed by atoms with Crippen LogP contribution in [-0.2, 0) is 24.2 Å². The Hall–Kier alpha value is -2.24. The lowest BCUT2D eigenvalue weighted by molar-refractivity contribution is 0.0535. The van der Waals surface area contributed by atoms with Crippen molar-refractivity contribution in [1.29, 1.82) is 0 Å². The number of carbonyl (C=O) groups excluding carboxylic acids is 1. The lowest BCUT2D eigenvalue weighted by Crippen LogP contribution is -2.47. The van der Waals surface area contributed by atoms with Gasteiger partial charge in [-0.15, -0.1) is 0 Å². The monoisotopic (exact) mass is 365 g/mol. The predicted octanol–water partition coefficient (Wildman–Crippen LogP) is 2.46. The van der Waals surface area contributed by atoms with Crippen LogP contribution in [0, 0.1) is 6.92 Å². The van der Waals surface area contributed by atoms with E-state index in [-0.39, 0.29) is 5.97 Å². The number of fused-ring (bicyclic) bond motifs is 1. The molecule has 1 aromatic carbocycles. The van der Waals surface area contributed by atoms with Gasteiger partial charge < -0.3 is 14.5 Å². The molecule has 27 heavy (non-hydrogen) atoms. The second-order valence-corrected chi connectivity index (χ2v) is 7.50. The number of hydrogen-bond acceptors (Lipinski definition) is 5. The molecule has 1 fully saturated rings. The quantitative estimate of drug-likeness (QED) is 0.736. The Labute approximate surface area is 161 Å². The molecular weight excluding hydrogens is 338 g/mol. The van der Waals surface area contributed by atoms with E-state index in [4.69, 9.17) is 4.74 Å². The van der Waals surface area contributed by atoms with Gasteiger partial charge in [-0.2, -0.15) is 0 Å². The van der Waals surface area contributed by atoms with Crippen molar-refractivity contribution < 1.29 is 9.53 Å². The van der Waals surface area contributed by atoms with Gasteiger partial charge in [-0.25, -0.2) is 4.79 Å². The van der Waals surface area contributed by atoms with Crippen molar-refractivity contribution in [3.05, 3.63) is 64.5 Å². The number of aromatic nitrogens is 1. The van der Waals surface area contributed by atoms with E-state index >= 15 is 0 Å². The van der Waals surface area contributed by atoms with Crippen molar-refractivity contribution in [1.82, 2.24) is 14.8 Å². The number of benzene rings is 1. The lowest BCUT2D eigenvalue weighted by Gasteiger charge is -2.34. The van der Waals surface area contributed by atoms with E-state index < -0.39 is 0 Å². The molecule has 0 amide bonds. The van der Waals surface area contributed by atoms with Crippen LogP contribution >= 0.6 is 0 Å². The molecule has 3 heterocycles. The summed E-state index contributed by atoms with van der Waals surface area (Å²) in [5.41, 5.74) is 5.71. The summed E-state index contributed by atoms with van der Waals surface area (Å²) in [6.45, 7) is 9.24. The molecule has 4 rings (SSSR count). The molecule has 142 valence electrons. The predicted molar refractivity (Wildman–Crippen MR) is 105 cm³/mol. The summed E-state index contributed by atoms with van der Waals surface area (Å²) >= 11 is 0. The Morgan fingerprint density at radius 2 is 1.78 bits per heavy atom. The van der Waals surface area contributed by atoms with Crippen molar-refractivity contribution in [2.75, 3.05) is 39.3 Å². The number of carbonyl (C=O) groups is 1. The fourth-order valence-corrected chi connectivity index (χ4v) is 4.02. The van der Waals surface area contributed by atoms with Crippen LogP contribution in [0.25, 0.3) is 0 Å². The maximum atomic E-state index is 11.7. The summed E-state index contributed by atoms with van der Waals surface area (Å²) < 4.78 is 5.16. The highest BCUT2D eigenvalue weighted by molar-refractivity contribution is 5.93. The van der Waals surface area contributed by atoms with Gasteiger partial charge in [0, 0.05) is 57.2 Å². The molecule has 0 unspecified atom stereocenters. The number of piperazine rings is 1. The summed E-state index contributed by atoms with van der Waals surface area (Å²) in [4.78, 5) is 21.0. The van der Waals surface area contributed by atoms with Gasteiger partial charge >= 0.3 is 5.97 Å². The van der Waals surface area contributed by atoms with Crippen molar-refractivity contribution in [3.8, 4) is 0 Å². The first-order chi connectivity index (χ1) is 13.2. The molecule has 0 bridgehead atoms. The molecule has 5 heteroatoms. The Morgan fingerprint density at radius 1 is 1.04 bits per heavy atom. The molecule has 0 saturated carbocycles. The molecule has 0 aliphatic carbocycles. The number of pyridine rings is 1. The van der Waals surface area contributed by atoms with Gasteiger partial charge in [-0.1, -0.05) is 12.1 Å². The maximum absolute atomic E-state index is 11.7. The minimum atomic E-state index is -0.179. The number of esters is 1. The van der Waals surface area contributed by atoms with E-state index in [1.54, 1.807) is 0 Å². The highest BCUT2D eigenvalue weighted by atomic mass is 16.5. The molecule has 0 radical (unpaired) electrons. The zero-order valence-electron chi connectivity index (χ0n) is 16.0. The number of hydrogen-bond donors (Lipinski definition) is 0. The van der Waals surface area contributed by atoms with Gasteiger partial charge in [-0.3, -0.25) is 4.98 Å². The third-order valence-electron chi connectivity index (χ3n) is 5.88. The Bertz CT molecular complexity index is 799. The number of rotatable bonds is 6. The number of cyclic esters (lactones) is 1. The average Bonchev–Trinajstić information content (AvgIpc) is 3.09. The standard InChI is InChI=1S/C22H27N3O2/c1-17-19(4-5-20-21(17)16-27-22(20)26)7-10-25-13-11-24(12-14-25)9-6-18-3-2-8-23-15-18/h2-5,8,15H,6-7,9-14,16H2,1H3. The SMILES string of the molecule is Cc1c(CCN2CCN(CCc3cccnc3)CC2)ccc2c1COC2=O. The Morgan fingerprint density at radius 3 is 2.48 bits per heavy atom. The maximum Gasteiger partial charge on any atom is 0.338 e. The van der Waals surface area contributed by atoms with Crippen molar-refractivity contribution in [3.63, 3.8) is 0 Å². The molecule has 0 atom stereocenters. The van der Waals surface area contributed by atoms with E-state index in [0.29, 0.717) is 6.61 Å². The summed E-state index contributed by atoms with van der Waals surface area (Å²) in [7, 11) is 0. The van der Waals surface area contributed by atoms with E-state index in [9.17, 15) is 4.79 Å². The summed E-state index contributed by atoms with van der Waals surface area (Å²) in [5.74, 6) is -0.179. The second-order valence-electron chi connectivity index (χ2n) is 7.50. The Kier molecular flexibility index (Phi) is 5.50. The fourth-order valence-electron chi connectivity index (χ4n) is 4.02. The van der Waals surface area contributed by atoms with Gasteiger partial charge in [0.1, 0.15) is 6.61 Å². The minimum Gasteiger partial charge on any atom is -0.457 e. The second kappa shape index (κ2) is 8.19. The van der Waals surface area contributed by atoms with Crippen LogP contribution in [0.15, 0.2) is 36.7 Å². The molecule has 2 aliphatic rings. The zero-order chi connectivity index (χ0) is 18.6. The molecule has 1 aromatic heterocycles. The van der Waals surface area contributed by atoms with Gasteiger partial charge in [0.05, 0.1) is 5.56 Å². The third-order valence-corrected chi connectivity index (χ3v) is 5.88. The first-order valence-corrected chi connectivity index (χ1v) is 9.83. The fraction of sp³-hybridized carbons (Fsp3) is 0.455. The van der Waals surface area contributed by atoms with E-state index in [1.807, 2.05) is 24.5 Å². The largest absolute Gasteiger partial charge is 0.457 e. The van der Waals surface area contributed by atoms with Gasteiger partial charge in [-0.05, 0) is 48.6 Å². The number of ether oxygens (including phenoxy) is 1. The normalized spacial score (nSPS) is 17.7. The van der Waals surface area contributed by atoms with Gasteiger partial charge in [0.25, 0.3) is 0 Å². The smallest absolute Gasteiger partial charge is 0.338 e. The topological polar surface area (TPSA) is 45.7 Å². The Balaban J connectivity index is 1.24. The molecule has 2 aromatic rings. The lowest BCUT2D eigenvalue weighted by atomic mass is 9.96. The molecule has 5 nitrogen and oxygen atoms in total. The third kappa shape index (κ3) is 4.20. The first kappa shape index (κ1) is 18.1. The molecule has 0 spiro atoms. The zero-order valence-corrected chi connectivity index (χ0v) is 16.0. The summed E-state index contributed by atoms with van der Waals surface area (Å²) in [6.07, 6.45) is 5.90. The van der Waals surface area contributed by atoms with Crippen LogP contribution in [0.4, 0.5) is 0 Å². The highest BCUT2D eigenvalue weighted by Gasteiger charge is 2.24. The summed E-state index contributed by atoms with van der Waals surface area (Å²) in [6, 6.07) is 8.20. The van der Waals surface area contributed by atoms with Crippen LogP contribution < -0.4 is 0 Å². The van der Waals surface area contributed by atoms with Crippen molar-refractivity contribution >= 4 is 5.97 Å². The van der Waals surface area contributed by atoms with Crippen molar-refractivity contribution in [2.24, 2.45) is 0 Å². The average molecular weight is 365 g/mol. The molecule has 1 saturated heterocycles. The van der Waals surface area contributed by atoms with Crippen molar-refractivity contribution in [2.45, 2.75) is 26.4 Å². The molecule has 2 aliphatic heterocycles. The molecule has 0 N–H and O–H groups in total. The van der Waals surface area contributed by atoms with Crippen LogP contribution in [-0.4, -0.2) is 60.0 Å².